The van der Waals surface area contributed by atoms with E-state index in [1.165, 1.54) is 5.56 Å². The molecule has 4 nitrogen and oxygen atoms in total. The van der Waals surface area contributed by atoms with Crippen molar-refractivity contribution in [2.24, 2.45) is 0 Å². The molecule has 0 aliphatic heterocycles. The molecule has 0 aliphatic rings. The molecule has 0 saturated heterocycles. The predicted molar refractivity (Wildman–Crippen MR) is 108 cm³/mol. The number of hydrogen-bond acceptors (Lipinski definition) is 3. The molecule has 3 aromatic rings. The molecule has 1 N–H and O–H groups in total. The zero-order valence-corrected chi connectivity index (χ0v) is 16.6. The summed E-state index contributed by atoms with van der Waals surface area (Å²) in [6.45, 7) is 3.68. The highest BCUT2D eigenvalue weighted by Crippen LogP contribution is 2.36. The number of carbonyl (C=O) groups is 1. The molecule has 0 spiro atoms. The Bertz CT molecular complexity index is 918. The van der Waals surface area contributed by atoms with Gasteiger partial charge in [0.1, 0.15) is 17.0 Å². The van der Waals surface area contributed by atoms with Crippen molar-refractivity contribution < 1.29 is 9.32 Å². The number of nitrogens with zero attached hydrogens (tertiary/aromatic N) is 1. The summed E-state index contributed by atoms with van der Waals surface area (Å²) in [6, 6.07) is 15.3. The molecule has 6 heteroatoms. The molecule has 0 fully saturated rings. The average molecular weight is 403 g/mol. The summed E-state index contributed by atoms with van der Waals surface area (Å²) in [5, 5.41) is 7.88. The second-order valence-corrected chi connectivity index (χ2v) is 7.27. The van der Waals surface area contributed by atoms with Crippen LogP contribution in [0, 0.1) is 6.92 Å². The van der Waals surface area contributed by atoms with E-state index in [0.717, 1.165) is 12.8 Å². The topological polar surface area (TPSA) is 55.1 Å². The lowest BCUT2D eigenvalue weighted by molar-refractivity contribution is 0.0937. The minimum atomic E-state index is -0.250. The van der Waals surface area contributed by atoms with Crippen molar-refractivity contribution in [2.45, 2.75) is 32.7 Å². The lowest BCUT2D eigenvalue weighted by Gasteiger charge is -2.14. The summed E-state index contributed by atoms with van der Waals surface area (Å²) in [4.78, 5) is 12.9. The summed E-state index contributed by atoms with van der Waals surface area (Å²) < 4.78 is 5.26. The molecule has 0 saturated carbocycles. The van der Waals surface area contributed by atoms with Gasteiger partial charge in [0.15, 0.2) is 0 Å². The molecule has 0 unspecified atom stereocenters. The summed E-state index contributed by atoms with van der Waals surface area (Å²) in [7, 11) is 0. The van der Waals surface area contributed by atoms with Crippen LogP contribution in [0.5, 0.6) is 0 Å². The van der Waals surface area contributed by atoms with E-state index in [-0.39, 0.29) is 11.9 Å². The van der Waals surface area contributed by atoms with Gasteiger partial charge in [-0.15, -0.1) is 0 Å². The Balaban J connectivity index is 1.76. The molecule has 1 atom stereocenters. The van der Waals surface area contributed by atoms with Gasteiger partial charge in [0.25, 0.3) is 5.91 Å². The summed E-state index contributed by atoms with van der Waals surface area (Å²) in [5.41, 5.74) is 2.45. The van der Waals surface area contributed by atoms with Crippen molar-refractivity contribution in [2.75, 3.05) is 0 Å². The largest absolute Gasteiger partial charge is 0.360 e. The Morgan fingerprint density at radius 2 is 1.78 bits per heavy atom. The van der Waals surface area contributed by atoms with E-state index in [1.54, 1.807) is 25.1 Å². The molecule has 0 aliphatic carbocycles. The van der Waals surface area contributed by atoms with Gasteiger partial charge in [-0.1, -0.05) is 64.8 Å². The zero-order chi connectivity index (χ0) is 19.4. The third-order valence-corrected chi connectivity index (χ3v) is 5.01. The normalized spacial score (nSPS) is 12.0. The van der Waals surface area contributed by atoms with Crippen molar-refractivity contribution in [1.82, 2.24) is 10.5 Å². The Kier molecular flexibility index (Phi) is 6.19. The molecule has 0 radical (unpaired) electrons. The van der Waals surface area contributed by atoms with Crippen LogP contribution in [0.15, 0.2) is 53.1 Å². The maximum Gasteiger partial charge on any atom is 0.257 e. The molecule has 1 amide bonds. The minimum absolute atomic E-state index is 0.0124. The van der Waals surface area contributed by atoms with Gasteiger partial charge in [0, 0.05) is 11.6 Å². The summed E-state index contributed by atoms with van der Waals surface area (Å²) >= 11 is 12.6. The molecule has 1 aromatic heterocycles. The van der Waals surface area contributed by atoms with E-state index in [2.05, 4.69) is 22.6 Å². The molecule has 1 heterocycles. The third-order valence-electron chi connectivity index (χ3n) is 4.38. The number of benzene rings is 2. The maximum atomic E-state index is 12.9. The van der Waals surface area contributed by atoms with Crippen LogP contribution in [0.25, 0.3) is 11.3 Å². The number of aryl methyl sites for hydroxylation is 2. The van der Waals surface area contributed by atoms with Gasteiger partial charge in [-0.3, -0.25) is 4.79 Å². The van der Waals surface area contributed by atoms with Gasteiger partial charge in [0.2, 0.25) is 0 Å². The quantitative estimate of drug-likeness (QED) is 0.574. The SMILES string of the molecule is Cc1onc(-c2c(Cl)cccc2Cl)c1C(=O)N[C@H](C)CCc1ccccc1. The van der Waals surface area contributed by atoms with Crippen LogP contribution in [0.1, 0.15) is 35.0 Å². The first-order chi connectivity index (χ1) is 13.0. The number of aromatic nitrogens is 1. The minimum Gasteiger partial charge on any atom is -0.360 e. The Morgan fingerprint density at radius 3 is 2.44 bits per heavy atom. The molecule has 27 heavy (non-hydrogen) atoms. The molecule has 3 rings (SSSR count). The van der Waals surface area contributed by atoms with Gasteiger partial charge in [-0.05, 0) is 44.4 Å². The van der Waals surface area contributed by atoms with Crippen molar-refractivity contribution in [3.05, 3.63) is 75.5 Å². The van der Waals surface area contributed by atoms with Crippen molar-refractivity contribution in [3.8, 4) is 11.3 Å². The highest BCUT2D eigenvalue weighted by atomic mass is 35.5. The summed E-state index contributed by atoms with van der Waals surface area (Å²) in [6.07, 6.45) is 1.70. The fraction of sp³-hybridized carbons (Fsp3) is 0.238. The van der Waals surface area contributed by atoms with Gasteiger partial charge < -0.3 is 9.84 Å². The van der Waals surface area contributed by atoms with Crippen LogP contribution >= 0.6 is 23.2 Å². The smallest absolute Gasteiger partial charge is 0.257 e. The predicted octanol–water partition coefficient (Wildman–Crippen LogP) is 5.71. The van der Waals surface area contributed by atoms with Crippen molar-refractivity contribution in [1.29, 1.82) is 0 Å². The maximum absolute atomic E-state index is 12.9. The van der Waals surface area contributed by atoms with Crippen LogP contribution in [-0.2, 0) is 6.42 Å². The van der Waals surface area contributed by atoms with E-state index in [4.69, 9.17) is 27.7 Å². The van der Waals surface area contributed by atoms with Crippen molar-refractivity contribution in [3.63, 3.8) is 0 Å². The number of rotatable bonds is 6. The molecule has 0 bridgehead atoms. The lowest BCUT2D eigenvalue weighted by atomic mass is 10.0. The van der Waals surface area contributed by atoms with Gasteiger partial charge in [0.05, 0.1) is 10.0 Å². The van der Waals surface area contributed by atoms with Crippen LogP contribution < -0.4 is 5.32 Å². The first kappa shape index (κ1) is 19.5. The Hall–Kier alpha value is -2.30. The standard InChI is InChI=1S/C21H20Cl2N2O2/c1-13(11-12-15-7-4-3-5-8-15)24-21(26)18-14(2)27-25-20(18)19-16(22)9-6-10-17(19)23/h3-10,13H,11-12H2,1-2H3,(H,24,26)/t13-/m1/s1. The van der Waals surface area contributed by atoms with Crippen molar-refractivity contribution >= 4 is 29.1 Å². The fourth-order valence-corrected chi connectivity index (χ4v) is 3.51. The van der Waals surface area contributed by atoms with E-state index < -0.39 is 0 Å². The molecule has 140 valence electrons. The highest BCUT2D eigenvalue weighted by Gasteiger charge is 2.25. The van der Waals surface area contributed by atoms with Gasteiger partial charge >= 0.3 is 0 Å². The number of halogens is 2. The number of carbonyl (C=O) groups excluding carboxylic acids is 1. The number of amides is 1. The molecular formula is C21H20Cl2N2O2. The first-order valence-corrected chi connectivity index (χ1v) is 9.48. The van der Waals surface area contributed by atoms with Crippen LogP contribution in [0.3, 0.4) is 0 Å². The fourth-order valence-electron chi connectivity index (χ4n) is 2.93. The third kappa shape index (κ3) is 4.52. The highest BCUT2D eigenvalue weighted by molar-refractivity contribution is 6.39. The first-order valence-electron chi connectivity index (χ1n) is 8.72. The monoisotopic (exact) mass is 402 g/mol. The van der Waals surface area contributed by atoms with E-state index in [9.17, 15) is 4.79 Å². The second kappa shape index (κ2) is 8.59. The van der Waals surface area contributed by atoms with E-state index in [0.29, 0.717) is 32.6 Å². The van der Waals surface area contributed by atoms with Gasteiger partial charge in [-0.25, -0.2) is 0 Å². The lowest BCUT2D eigenvalue weighted by Crippen LogP contribution is -2.33. The second-order valence-electron chi connectivity index (χ2n) is 6.46. The van der Waals surface area contributed by atoms with E-state index >= 15 is 0 Å². The molecular weight excluding hydrogens is 383 g/mol. The average Bonchev–Trinajstić information content (AvgIpc) is 3.02. The molecule has 2 aromatic carbocycles. The zero-order valence-electron chi connectivity index (χ0n) is 15.1. The number of hydrogen-bond donors (Lipinski definition) is 1. The van der Waals surface area contributed by atoms with E-state index in [1.807, 2.05) is 25.1 Å². The van der Waals surface area contributed by atoms with Crippen LogP contribution in [-0.4, -0.2) is 17.1 Å². The summed E-state index contributed by atoms with van der Waals surface area (Å²) in [5.74, 6) is 0.175. The Morgan fingerprint density at radius 1 is 1.11 bits per heavy atom. The van der Waals surface area contributed by atoms with Crippen LogP contribution in [0.2, 0.25) is 10.0 Å². The van der Waals surface area contributed by atoms with Crippen LogP contribution in [0.4, 0.5) is 0 Å². The Labute approximate surface area is 168 Å². The number of nitrogens with one attached hydrogen (secondary N) is 1. The van der Waals surface area contributed by atoms with Gasteiger partial charge in [-0.2, -0.15) is 0 Å².